The molecule has 154 valence electrons. The molecule has 0 aliphatic rings. The molecule has 4 nitrogen and oxygen atoms in total. The number of hydrogen-bond donors (Lipinski definition) is 1. The number of hydrogen-bond acceptors (Lipinski definition) is 5. The lowest BCUT2D eigenvalue weighted by Crippen LogP contribution is -2.35. The molecule has 0 amide bonds. The van der Waals surface area contributed by atoms with Crippen molar-refractivity contribution in [1.29, 1.82) is 0 Å². The maximum atomic E-state index is 11.8. The molecule has 1 N–H and O–H groups in total. The van der Waals surface area contributed by atoms with Crippen LogP contribution in [0, 0.1) is 19.3 Å². The summed E-state index contributed by atoms with van der Waals surface area (Å²) in [6.45, 7) is 4.50. The average Bonchev–Trinajstić information content (AvgIpc) is 2.76. The monoisotopic (exact) mass is 418 g/mol. The van der Waals surface area contributed by atoms with Crippen LogP contribution in [0.4, 0.5) is 11.4 Å². The van der Waals surface area contributed by atoms with Gasteiger partial charge in [-0.15, -0.1) is 6.42 Å². The van der Waals surface area contributed by atoms with Gasteiger partial charge in [0.25, 0.3) is 0 Å². The Morgan fingerprint density at radius 3 is 2.53 bits per heavy atom. The van der Waals surface area contributed by atoms with Crippen molar-refractivity contribution in [3.63, 3.8) is 0 Å². The van der Waals surface area contributed by atoms with Gasteiger partial charge in [-0.2, -0.15) is 0 Å². The minimum absolute atomic E-state index is 0.0861. The van der Waals surface area contributed by atoms with E-state index in [1.165, 1.54) is 17.6 Å². The highest BCUT2D eigenvalue weighted by Gasteiger charge is 2.20. The topological polar surface area (TPSA) is 41.6 Å². The fraction of sp³-hybridized carbons (Fsp3) is 0.240. The molecule has 3 rings (SSSR count). The van der Waals surface area contributed by atoms with E-state index in [0.29, 0.717) is 6.54 Å². The first-order valence-corrected chi connectivity index (χ1v) is 10.6. The SMILES string of the molecule is C#CCN(c1ccc(NSc2ccccc2C)c2ccccc12)[C@@H](C)CC(=O)OC. The van der Waals surface area contributed by atoms with E-state index < -0.39 is 0 Å². The predicted octanol–water partition coefficient (Wildman–Crippen LogP) is 5.66. The van der Waals surface area contributed by atoms with Crippen LogP contribution in [0.3, 0.4) is 0 Å². The number of fused-ring (bicyclic) bond motifs is 1. The number of nitrogens with zero attached hydrogens (tertiary/aromatic N) is 1. The second-order valence-electron chi connectivity index (χ2n) is 7.11. The number of carbonyl (C=O) groups is 1. The quantitative estimate of drug-likeness (QED) is 0.290. The highest BCUT2D eigenvalue weighted by Crippen LogP contribution is 2.36. The van der Waals surface area contributed by atoms with Crippen LogP contribution >= 0.6 is 11.9 Å². The highest BCUT2D eigenvalue weighted by molar-refractivity contribution is 8.00. The average molecular weight is 419 g/mol. The molecule has 3 aromatic rings. The summed E-state index contributed by atoms with van der Waals surface area (Å²) in [6, 6.07) is 20.6. The number of rotatable bonds is 8. The molecule has 0 spiro atoms. The molecular weight excluding hydrogens is 392 g/mol. The molecule has 0 aliphatic heterocycles. The minimum atomic E-state index is -0.248. The molecule has 0 unspecified atom stereocenters. The van der Waals surface area contributed by atoms with Crippen LogP contribution in [-0.2, 0) is 9.53 Å². The third kappa shape index (κ3) is 4.90. The van der Waals surface area contributed by atoms with Gasteiger partial charge in [-0.3, -0.25) is 4.79 Å². The smallest absolute Gasteiger partial charge is 0.307 e. The lowest BCUT2D eigenvalue weighted by atomic mass is 10.0. The zero-order chi connectivity index (χ0) is 21.5. The number of aryl methyl sites for hydroxylation is 1. The standard InChI is InChI=1S/C25H26N2O2S/c1-5-16-27(19(3)17-25(28)29-4)23-15-14-22(20-11-7-8-12-21(20)23)26-30-24-13-9-6-10-18(24)2/h1,6-15,19,26H,16-17H2,2-4H3/t19-/m0/s1. The van der Waals surface area contributed by atoms with E-state index in [-0.39, 0.29) is 18.4 Å². The van der Waals surface area contributed by atoms with Gasteiger partial charge in [0.1, 0.15) is 0 Å². The Balaban J connectivity index is 1.95. The van der Waals surface area contributed by atoms with Crippen molar-refractivity contribution in [2.24, 2.45) is 0 Å². The van der Waals surface area contributed by atoms with Crippen LogP contribution in [0.5, 0.6) is 0 Å². The van der Waals surface area contributed by atoms with Gasteiger partial charge < -0.3 is 14.4 Å². The molecular formula is C25H26N2O2S. The van der Waals surface area contributed by atoms with E-state index in [2.05, 4.69) is 58.9 Å². The Labute approximate surface area is 182 Å². The van der Waals surface area contributed by atoms with Crippen molar-refractivity contribution in [2.45, 2.75) is 31.2 Å². The predicted molar refractivity (Wildman–Crippen MR) is 127 cm³/mol. The van der Waals surface area contributed by atoms with E-state index in [4.69, 9.17) is 11.2 Å². The molecule has 0 saturated heterocycles. The normalized spacial score (nSPS) is 11.5. The van der Waals surface area contributed by atoms with Gasteiger partial charge in [0.05, 0.1) is 25.8 Å². The number of benzene rings is 3. The summed E-state index contributed by atoms with van der Waals surface area (Å²) in [5.74, 6) is 2.48. The van der Waals surface area contributed by atoms with Crippen molar-refractivity contribution in [3.8, 4) is 12.3 Å². The number of carbonyl (C=O) groups excluding carboxylic acids is 1. The number of anilines is 2. The van der Waals surface area contributed by atoms with Gasteiger partial charge in [-0.05, 0) is 49.6 Å². The maximum Gasteiger partial charge on any atom is 0.307 e. The molecule has 0 saturated carbocycles. The summed E-state index contributed by atoms with van der Waals surface area (Å²) in [6.07, 6.45) is 5.92. The Morgan fingerprint density at radius 2 is 1.83 bits per heavy atom. The summed E-state index contributed by atoms with van der Waals surface area (Å²) >= 11 is 1.60. The summed E-state index contributed by atoms with van der Waals surface area (Å²) in [5.41, 5.74) is 3.27. The van der Waals surface area contributed by atoms with E-state index >= 15 is 0 Å². The van der Waals surface area contributed by atoms with Crippen LogP contribution < -0.4 is 9.62 Å². The fourth-order valence-electron chi connectivity index (χ4n) is 3.42. The molecule has 0 heterocycles. The molecule has 0 radical (unpaired) electrons. The minimum Gasteiger partial charge on any atom is -0.469 e. The number of ether oxygens (including phenoxy) is 1. The van der Waals surface area contributed by atoms with Crippen LogP contribution in [0.2, 0.25) is 0 Å². The third-order valence-electron chi connectivity index (χ3n) is 5.06. The van der Waals surface area contributed by atoms with Gasteiger partial charge in [0.2, 0.25) is 0 Å². The zero-order valence-corrected chi connectivity index (χ0v) is 18.3. The van der Waals surface area contributed by atoms with Crippen molar-refractivity contribution in [1.82, 2.24) is 0 Å². The number of nitrogens with one attached hydrogen (secondary N) is 1. The molecule has 1 atom stereocenters. The van der Waals surface area contributed by atoms with Crippen LogP contribution in [-0.4, -0.2) is 25.7 Å². The van der Waals surface area contributed by atoms with Gasteiger partial charge in [0.15, 0.2) is 0 Å². The lowest BCUT2D eigenvalue weighted by Gasteiger charge is -2.30. The second kappa shape index (κ2) is 10.1. The Bertz CT molecular complexity index is 1070. The first kappa shape index (κ1) is 21.6. The number of methoxy groups -OCH3 is 1. The summed E-state index contributed by atoms with van der Waals surface area (Å²) in [7, 11) is 1.41. The van der Waals surface area contributed by atoms with Crippen molar-refractivity contribution >= 4 is 40.1 Å². The van der Waals surface area contributed by atoms with Crippen LogP contribution in [0.15, 0.2) is 65.6 Å². The van der Waals surface area contributed by atoms with E-state index in [1.54, 1.807) is 11.9 Å². The van der Waals surface area contributed by atoms with Gasteiger partial charge in [-0.25, -0.2) is 0 Å². The molecule has 0 aromatic heterocycles. The first-order valence-electron chi connectivity index (χ1n) is 9.82. The Hall–Kier alpha value is -3.10. The van der Waals surface area contributed by atoms with Gasteiger partial charge >= 0.3 is 5.97 Å². The number of terminal acetylenes is 1. The molecule has 3 aromatic carbocycles. The fourth-order valence-corrected chi connectivity index (χ4v) is 4.19. The summed E-state index contributed by atoms with van der Waals surface area (Å²) in [5, 5.41) is 2.18. The highest BCUT2D eigenvalue weighted by atomic mass is 32.2. The van der Waals surface area contributed by atoms with Crippen molar-refractivity contribution in [3.05, 3.63) is 66.2 Å². The van der Waals surface area contributed by atoms with Crippen LogP contribution in [0.1, 0.15) is 18.9 Å². The van der Waals surface area contributed by atoms with Gasteiger partial charge in [-0.1, -0.05) is 48.4 Å². The molecule has 0 fully saturated rings. The van der Waals surface area contributed by atoms with Gasteiger partial charge in [0, 0.05) is 27.4 Å². The van der Waals surface area contributed by atoms with E-state index in [9.17, 15) is 4.79 Å². The maximum absolute atomic E-state index is 11.8. The third-order valence-corrected chi connectivity index (χ3v) is 6.06. The summed E-state index contributed by atoms with van der Waals surface area (Å²) < 4.78 is 8.34. The lowest BCUT2D eigenvalue weighted by molar-refractivity contribution is -0.140. The van der Waals surface area contributed by atoms with Crippen molar-refractivity contribution in [2.75, 3.05) is 23.3 Å². The zero-order valence-electron chi connectivity index (χ0n) is 17.5. The second-order valence-corrected chi connectivity index (χ2v) is 7.96. The first-order chi connectivity index (χ1) is 14.5. The summed E-state index contributed by atoms with van der Waals surface area (Å²) in [4.78, 5) is 15.1. The van der Waals surface area contributed by atoms with E-state index in [1.807, 2.05) is 31.2 Å². The van der Waals surface area contributed by atoms with Crippen LogP contribution in [0.25, 0.3) is 10.8 Å². The largest absolute Gasteiger partial charge is 0.469 e. The number of esters is 1. The Morgan fingerprint density at radius 1 is 1.13 bits per heavy atom. The molecule has 30 heavy (non-hydrogen) atoms. The Kier molecular flexibility index (Phi) is 7.26. The molecule has 0 bridgehead atoms. The molecule has 0 aliphatic carbocycles. The molecule has 5 heteroatoms. The van der Waals surface area contributed by atoms with Crippen molar-refractivity contribution < 1.29 is 9.53 Å². The van der Waals surface area contributed by atoms with E-state index in [0.717, 1.165) is 22.1 Å².